The van der Waals surface area contributed by atoms with Crippen molar-refractivity contribution in [3.63, 3.8) is 0 Å². The second-order valence-corrected chi connectivity index (χ2v) is 6.91. The molecule has 3 rings (SSSR count). The number of rotatable bonds is 3. The van der Waals surface area contributed by atoms with Gasteiger partial charge in [-0.25, -0.2) is 0 Å². The Hall–Kier alpha value is -1.03. The first-order valence-electron chi connectivity index (χ1n) is 6.72. The van der Waals surface area contributed by atoms with Gasteiger partial charge in [0.05, 0.1) is 15.8 Å². The molecule has 1 aliphatic carbocycles. The summed E-state index contributed by atoms with van der Waals surface area (Å²) in [6.45, 7) is 1.58. The third-order valence-corrected chi connectivity index (χ3v) is 5.42. The molecule has 2 nitrogen and oxygen atoms in total. The van der Waals surface area contributed by atoms with Gasteiger partial charge in [-0.2, -0.15) is 0 Å². The van der Waals surface area contributed by atoms with Crippen molar-refractivity contribution in [3.05, 3.63) is 50.4 Å². The second-order valence-electron chi connectivity index (χ2n) is 5.11. The van der Waals surface area contributed by atoms with Gasteiger partial charge < -0.3 is 4.74 Å². The Morgan fingerprint density at radius 1 is 1.48 bits per heavy atom. The molecule has 1 aromatic rings. The van der Waals surface area contributed by atoms with Crippen molar-refractivity contribution >= 4 is 45.9 Å². The highest BCUT2D eigenvalue weighted by Crippen LogP contribution is 2.39. The fourth-order valence-electron chi connectivity index (χ4n) is 2.49. The number of carbonyl (C=O) groups excluding carboxylic acids is 1. The number of ketones is 1. The van der Waals surface area contributed by atoms with Crippen molar-refractivity contribution in [2.24, 2.45) is 0 Å². The lowest BCUT2D eigenvalue weighted by Crippen LogP contribution is -2.07. The summed E-state index contributed by atoms with van der Waals surface area (Å²) in [7, 11) is 0. The molecule has 5 heteroatoms. The van der Waals surface area contributed by atoms with Gasteiger partial charge in [-0.15, -0.1) is 22.9 Å². The average molecular weight is 341 g/mol. The summed E-state index contributed by atoms with van der Waals surface area (Å²) >= 11 is 13.7. The lowest BCUT2D eigenvalue weighted by atomic mass is 10.1. The van der Waals surface area contributed by atoms with Gasteiger partial charge in [0.15, 0.2) is 5.78 Å². The van der Waals surface area contributed by atoms with E-state index >= 15 is 0 Å². The highest BCUT2D eigenvalue weighted by Gasteiger charge is 2.28. The van der Waals surface area contributed by atoms with Gasteiger partial charge in [-0.3, -0.25) is 4.79 Å². The Morgan fingerprint density at radius 3 is 2.95 bits per heavy atom. The summed E-state index contributed by atoms with van der Waals surface area (Å²) in [5, 5.41) is 0.610. The molecule has 1 aromatic heterocycles. The van der Waals surface area contributed by atoms with E-state index in [9.17, 15) is 4.79 Å². The lowest BCUT2D eigenvalue weighted by Gasteiger charge is -2.09. The molecule has 1 aliphatic heterocycles. The van der Waals surface area contributed by atoms with Crippen LogP contribution in [0, 0.1) is 0 Å². The Labute approximate surface area is 137 Å². The molecule has 0 amide bonds. The number of carbonyl (C=O) groups is 1. The van der Waals surface area contributed by atoms with Crippen LogP contribution in [0.3, 0.4) is 0 Å². The average Bonchev–Trinajstić information content (AvgIpc) is 3.07. The predicted octanol–water partition coefficient (Wildman–Crippen LogP) is 5.14. The van der Waals surface area contributed by atoms with Gasteiger partial charge in [0.25, 0.3) is 0 Å². The Balaban J connectivity index is 1.87. The van der Waals surface area contributed by atoms with Crippen molar-refractivity contribution < 1.29 is 9.53 Å². The molecule has 110 valence electrons. The number of halogens is 2. The van der Waals surface area contributed by atoms with Gasteiger partial charge in [0.2, 0.25) is 0 Å². The van der Waals surface area contributed by atoms with Gasteiger partial charge in [0, 0.05) is 11.3 Å². The van der Waals surface area contributed by atoms with E-state index in [-0.39, 0.29) is 11.9 Å². The van der Waals surface area contributed by atoms with E-state index < -0.39 is 0 Å². The van der Waals surface area contributed by atoms with E-state index in [0.29, 0.717) is 10.9 Å². The zero-order valence-electron chi connectivity index (χ0n) is 11.5. The zero-order valence-corrected chi connectivity index (χ0v) is 13.8. The van der Waals surface area contributed by atoms with Crippen molar-refractivity contribution in [1.29, 1.82) is 0 Å². The van der Waals surface area contributed by atoms with E-state index in [1.807, 2.05) is 18.2 Å². The van der Waals surface area contributed by atoms with Crippen LogP contribution in [0.4, 0.5) is 0 Å². The molecule has 0 bridgehead atoms. The quantitative estimate of drug-likeness (QED) is 0.562. The van der Waals surface area contributed by atoms with Crippen LogP contribution in [-0.4, -0.2) is 17.8 Å². The maximum atomic E-state index is 11.4. The molecule has 0 saturated heterocycles. The summed E-state index contributed by atoms with van der Waals surface area (Å²) in [6.07, 6.45) is 5.71. The van der Waals surface area contributed by atoms with Crippen LogP contribution in [0.5, 0.6) is 0 Å². The fraction of sp³-hybridized carbons (Fsp3) is 0.312. The fourth-order valence-corrected chi connectivity index (χ4v) is 3.88. The molecular formula is C16H14Cl2O2S. The standard InChI is InChI=1S/C16H14Cl2O2S/c1-9(19)14-4-5-15(21-14)10-2-3-11-6-12(8-17)20-16(11)13(18)7-10/h2,4-5,7,12H,3,6,8H2,1H3. The molecule has 0 N–H and O–H groups in total. The minimum absolute atomic E-state index is 0.0276. The molecule has 1 unspecified atom stereocenters. The summed E-state index contributed by atoms with van der Waals surface area (Å²) in [5.74, 6) is 1.34. The monoisotopic (exact) mass is 340 g/mol. The van der Waals surface area contributed by atoms with Gasteiger partial charge in [-0.05, 0) is 42.7 Å². The molecule has 0 radical (unpaired) electrons. The Kier molecular flexibility index (Phi) is 4.25. The molecular weight excluding hydrogens is 327 g/mol. The third kappa shape index (κ3) is 2.96. The third-order valence-electron chi connectivity index (χ3n) is 3.56. The van der Waals surface area contributed by atoms with E-state index in [1.165, 1.54) is 16.9 Å². The van der Waals surface area contributed by atoms with Gasteiger partial charge >= 0.3 is 0 Å². The molecule has 21 heavy (non-hydrogen) atoms. The minimum Gasteiger partial charge on any atom is -0.487 e. The molecule has 0 spiro atoms. The maximum absolute atomic E-state index is 11.4. The number of hydrogen-bond acceptors (Lipinski definition) is 3. The largest absolute Gasteiger partial charge is 0.487 e. The lowest BCUT2D eigenvalue weighted by molar-refractivity contribution is 0.102. The highest BCUT2D eigenvalue weighted by atomic mass is 35.5. The van der Waals surface area contributed by atoms with Crippen molar-refractivity contribution in [1.82, 2.24) is 0 Å². The van der Waals surface area contributed by atoms with E-state index in [1.54, 1.807) is 6.92 Å². The van der Waals surface area contributed by atoms with Crippen LogP contribution in [0.15, 0.2) is 40.6 Å². The van der Waals surface area contributed by atoms with Crippen LogP contribution in [0.25, 0.3) is 5.57 Å². The topological polar surface area (TPSA) is 26.3 Å². The number of alkyl halides is 1. The number of allylic oxidation sites excluding steroid dienone is 4. The van der Waals surface area contributed by atoms with Crippen LogP contribution in [-0.2, 0) is 4.74 Å². The number of ether oxygens (including phenoxy) is 1. The molecule has 0 fully saturated rings. The van der Waals surface area contributed by atoms with E-state index in [4.69, 9.17) is 27.9 Å². The summed E-state index contributed by atoms with van der Waals surface area (Å²) in [4.78, 5) is 13.2. The van der Waals surface area contributed by atoms with Crippen LogP contribution in [0.2, 0.25) is 0 Å². The normalized spacial score (nSPS) is 21.4. The molecule has 0 aromatic carbocycles. The minimum atomic E-state index is 0.0276. The first-order valence-corrected chi connectivity index (χ1v) is 8.45. The maximum Gasteiger partial charge on any atom is 0.169 e. The molecule has 2 heterocycles. The van der Waals surface area contributed by atoms with Crippen LogP contribution < -0.4 is 0 Å². The van der Waals surface area contributed by atoms with Gasteiger partial charge in [-0.1, -0.05) is 17.7 Å². The van der Waals surface area contributed by atoms with Crippen molar-refractivity contribution in [2.75, 3.05) is 5.88 Å². The SMILES string of the molecule is CC(=O)c1ccc(C2=CCC3=C(OC(CCl)C3)C(Cl)=C2)s1. The molecule has 1 atom stereocenters. The van der Waals surface area contributed by atoms with E-state index in [2.05, 4.69) is 6.08 Å². The number of hydrogen-bond donors (Lipinski definition) is 0. The first-order chi connectivity index (χ1) is 10.1. The Bertz CT molecular complexity index is 682. The number of Topliss-reactive ketones (excluding diaryl/α,β-unsaturated/α-hetero) is 1. The van der Waals surface area contributed by atoms with Crippen LogP contribution >= 0.6 is 34.5 Å². The summed E-state index contributed by atoms with van der Waals surface area (Å²) in [5.41, 5.74) is 2.23. The summed E-state index contributed by atoms with van der Waals surface area (Å²) in [6, 6.07) is 3.82. The van der Waals surface area contributed by atoms with Crippen molar-refractivity contribution in [2.45, 2.75) is 25.9 Å². The highest BCUT2D eigenvalue weighted by molar-refractivity contribution is 7.15. The zero-order chi connectivity index (χ0) is 15.0. The van der Waals surface area contributed by atoms with E-state index in [0.717, 1.165) is 33.9 Å². The smallest absolute Gasteiger partial charge is 0.169 e. The number of thiophene rings is 1. The molecule has 0 saturated carbocycles. The van der Waals surface area contributed by atoms with Crippen molar-refractivity contribution in [3.8, 4) is 0 Å². The van der Waals surface area contributed by atoms with Gasteiger partial charge in [0.1, 0.15) is 11.9 Å². The second kappa shape index (κ2) is 5.99. The Morgan fingerprint density at radius 2 is 2.29 bits per heavy atom. The van der Waals surface area contributed by atoms with Crippen LogP contribution in [0.1, 0.15) is 34.3 Å². The predicted molar refractivity (Wildman–Crippen MR) is 88.1 cm³/mol. The molecule has 2 aliphatic rings. The first kappa shape index (κ1) is 14.9. The summed E-state index contributed by atoms with van der Waals surface area (Å²) < 4.78 is 5.80.